The van der Waals surface area contributed by atoms with E-state index in [9.17, 15) is 0 Å². The molecule has 0 aromatic heterocycles. The average molecular weight is 220 g/mol. The van der Waals surface area contributed by atoms with Gasteiger partial charge in [-0.1, -0.05) is 0 Å². The topological polar surface area (TPSA) is 36.9 Å². The molecule has 0 saturated heterocycles. The Hall–Kier alpha value is -0.160. The normalized spacial score (nSPS) is 13.0. The molecule has 0 aliphatic carbocycles. The summed E-state index contributed by atoms with van der Waals surface area (Å²) in [7, 11) is 3.38. The van der Waals surface area contributed by atoms with Crippen LogP contribution < -0.4 is 0 Å². The quantitative estimate of drug-likeness (QED) is 0.494. The summed E-state index contributed by atoms with van der Waals surface area (Å²) in [6.45, 7) is 5.51. The molecule has 0 amide bonds. The third kappa shape index (κ3) is 11.8. The number of ether oxygens (including phenoxy) is 4. The predicted octanol–water partition coefficient (Wildman–Crippen LogP) is 1.48. The molecule has 0 radical (unpaired) electrons. The van der Waals surface area contributed by atoms with Gasteiger partial charge in [-0.2, -0.15) is 0 Å². The molecule has 92 valence electrons. The summed E-state index contributed by atoms with van der Waals surface area (Å²) in [5.41, 5.74) is 0. The van der Waals surface area contributed by atoms with E-state index in [-0.39, 0.29) is 6.10 Å². The van der Waals surface area contributed by atoms with Crippen LogP contribution in [0, 0.1) is 0 Å². The highest BCUT2D eigenvalue weighted by Crippen LogP contribution is 1.95. The van der Waals surface area contributed by atoms with Crippen LogP contribution in [0.4, 0.5) is 0 Å². The Bertz CT molecular complexity index is 119. The first-order valence-electron chi connectivity index (χ1n) is 5.48. The van der Waals surface area contributed by atoms with E-state index in [1.165, 1.54) is 0 Å². The van der Waals surface area contributed by atoms with Crippen molar-refractivity contribution in [3.05, 3.63) is 0 Å². The highest BCUT2D eigenvalue weighted by atomic mass is 16.5. The number of methoxy groups -OCH3 is 2. The summed E-state index contributed by atoms with van der Waals surface area (Å²) >= 11 is 0. The Morgan fingerprint density at radius 2 is 1.53 bits per heavy atom. The van der Waals surface area contributed by atoms with E-state index in [1.807, 2.05) is 6.92 Å². The molecule has 0 N–H and O–H groups in total. The Balaban J connectivity index is 3.06. The van der Waals surface area contributed by atoms with E-state index >= 15 is 0 Å². The minimum atomic E-state index is 0.141. The van der Waals surface area contributed by atoms with Crippen LogP contribution in [-0.2, 0) is 18.9 Å². The van der Waals surface area contributed by atoms with Crippen molar-refractivity contribution in [1.82, 2.24) is 0 Å². The summed E-state index contributed by atoms with van der Waals surface area (Å²) in [5.74, 6) is 0. The van der Waals surface area contributed by atoms with Crippen molar-refractivity contribution in [2.75, 3.05) is 47.3 Å². The van der Waals surface area contributed by atoms with E-state index in [0.29, 0.717) is 19.8 Å². The Morgan fingerprint density at radius 3 is 2.20 bits per heavy atom. The maximum absolute atomic E-state index is 5.45. The van der Waals surface area contributed by atoms with Crippen LogP contribution >= 0.6 is 0 Å². The molecule has 0 fully saturated rings. The number of hydrogen-bond acceptors (Lipinski definition) is 4. The van der Waals surface area contributed by atoms with Crippen LogP contribution in [0.15, 0.2) is 0 Å². The van der Waals surface area contributed by atoms with E-state index < -0.39 is 0 Å². The SMILES string of the molecule is COCCCCOCC(C)OCCOC. The van der Waals surface area contributed by atoms with Gasteiger partial charge in [-0.15, -0.1) is 0 Å². The van der Waals surface area contributed by atoms with Gasteiger partial charge in [0, 0.05) is 27.4 Å². The summed E-state index contributed by atoms with van der Waals surface area (Å²) < 4.78 is 20.7. The van der Waals surface area contributed by atoms with E-state index in [2.05, 4.69) is 0 Å². The molecule has 0 bridgehead atoms. The molecule has 0 spiro atoms. The molecule has 0 aliphatic heterocycles. The fourth-order valence-corrected chi connectivity index (χ4v) is 1.08. The first-order chi connectivity index (χ1) is 7.31. The lowest BCUT2D eigenvalue weighted by molar-refractivity contribution is -0.0246. The van der Waals surface area contributed by atoms with Gasteiger partial charge in [0.1, 0.15) is 0 Å². The zero-order chi connectivity index (χ0) is 11.4. The zero-order valence-electron chi connectivity index (χ0n) is 10.2. The van der Waals surface area contributed by atoms with Crippen molar-refractivity contribution >= 4 is 0 Å². The molecule has 4 heteroatoms. The summed E-state index contributed by atoms with van der Waals surface area (Å²) in [6, 6.07) is 0. The lowest BCUT2D eigenvalue weighted by Gasteiger charge is -2.12. The Kier molecular flexibility index (Phi) is 11.8. The molecule has 15 heavy (non-hydrogen) atoms. The van der Waals surface area contributed by atoms with E-state index in [0.717, 1.165) is 26.1 Å². The monoisotopic (exact) mass is 220 g/mol. The standard InChI is InChI=1S/C11H24O4/c1-11(15-9-8-13-3)10-14-7-5-4-6-12-2/h11H,4-10H2,1-3H3. The van der Waals surface area contributed by atoms with Crippen molar-refractivity contribution < 1.29 is 18.9 Å². The van der Waals surface area contributed by atoms with E-state index in [1.54, 1.807) is 14.2 Å². The fraction of sp³-hybridized carbons (Fsp3) is 1.00. The Morgan fingerprint density at radius 1 is 0.867 bits per heavy atom. The maximum atomic E-state index is 5.45. The fourth-order valence-electron chi connectivity index (χ4n) is 1.08. The van der Waals surface area contributed by atoms with Crippen molar-refractivity contribution in [2.45, 2.75) is 25.9 Å². The number of unbranched alkanes of at least 4 members (excludes halogenated alkanes) is 1. The second-order valence-electron chi connectivity index (χ2n) is 3.45. The van der Waals surface area contributed by atoms with Crippen molar-refractivity contribution in [3.8, 4) is 0 Å². The molecule has 0 rings (SSSR count). The van der Waals surface area contributed by atoms with Crippen molar-refractivity contribution in [1.29, 1.82) is 0 Å². The third-order valence-electron chi connectivity index (χ3n) is 1.93. The molecular weight excluding hydrogens is 196 g/mol. The minimum absolute atomic E-state index is 0.141. The second-order valence-corrected chi connectivity index (χ2v) is 3.45. The van der Waals surface area contributed by atoms with Crippen LogP contribution in [0.2, 0.25) is 0 Å². The molecule has 0 saturated carbocycles. The highest BCUT2D eigenvalue weighted by molar-refractivity contribution is 4.47. The lowest BCUT2D eigenvalue weighted by Crippen LogP contribution is -2.18. The van der Waals surface area contributed by atoms with Gasteiger partial charge in [0.2, 0.25) is 0 Å². The molecular formula is C11H24O4. The van der Waals surface area contributed by atoms with Crippen LogP contribution in [0.1, 0.15) is 19.8 Å². The largest absolute Gasteiger partial charge is 0.385 e. The Labute approximate surface area is 92.8 Å². The summed E-state index contributed by atoms with van der Waals surface area (Å²) in [6.07, 6.45) is 2.23. The van der Waals surface area contributed by atoms with Crippen LogP contribution in [-0.4, -0.2) is 53.4 Å². The lowest BCUT2D eigenvalue weighted by atomic mass is 10.3. The first kappa shape index (κ1) is 14.8. The highest BCUT2D eigenvalue weighted by Gasteiger charge is 2.01. The van der Waals surface area contributed by atoms with Gasteiger partial charge in [-0.3, -0.25) is 0 Å². The van der Waals surface area contributed by atoms with Gasteiger partial charge in [0.15, 0.2) is 0 Å². The molecule has 1 unspecified atom stereocenters. The van der Waals surface area contributed by atoms with Gasteiger partial charge in [-0.05, 0) is 19.8 Å². The van der Waals surface area contributed by atoms with Gasteiger partial charge >= 0.3 is 0 Å². The second kappa shape index (κ2) is 11.9. The summed E-state index contributed by atoms with van der Waals surface area (Å²) in [4.78, 5) is 0. The number of hydrogen-bond donors (Lipinski definition) is 0. The molecule has 1 atom stereocenters. The van der Waals surface area contributed by atoms with Gasteiger partial charge < -0.3 is 18.9 Å². The molecule has 0 heterocycles. The van der Waals surface area contributed by atoms with Gasteiger partial charge in [0.05, 0.1) is 25.9 Å². The molecule has 0 aliphatic rings. The average Bonchev–Trinajstić information content (AvgIpc) is 2.23. The van der Waals surface area contributed by atoms with E-state index in [4.69, 9.17) is 18.9 Å². The number of rotatable bonds is 11. The smallest absolute Gasteiger partial charge is 0.0781 e. The predicted molar refractivity (Wildman–Crippen MR) is 59.2 cm³/mol. The molecule has 4 nitrogen and oxygen atoms in total. The first-order valence-corrected chi connectivity index (χ1v) is 5.48. The van der Waals surface area contributed by atoms with Crippen molar-refractivity contribution in [3.63, 3.8) is 0 Å². The van der Waals surface area contributed by atoms with Crippen LogP contribution in [0.5, 0.6) is 0 Å². The molecule has 0 aromatic rings. The van der Waals surface area contributed by atoms with Gasteiger partial charge in [0.25, 0.3) is 0 Å². The van der Waals surface area contributed by atoms with Crippen molar-refractivity contribution in [2.24, 2.45) is 0 Å². The third-order valence-corrected chi connectivity index (χ3v) is 1.93. The minimum Gasteiger partial charge on any atom is -0.385 e. The molecule has 0 aromatic carbocycles. The summed E-state index contributed by atoms with van der Waals surface area (Å²) in [5, 5.41) is 0. The zero-order valence-corrected chi connectivity index (χ0v) is 10.2. The van der Waals surface area contributed by atoms with Crippen LogP contribution in [0.3, 0.4) is 0 Å². The van der Waals surface area contributed by atoms with Crippen LogP contribution in [0.25, 0.3) is 0 Å². The van der Waals surface area contributed by atoms with Gasteiger partial charge in [-0.25, -0.2) is 0 Å². The maximum Gasteiger partial charge on any atom is 0.0781 e.